The van der Waals surface area contributed by atoms with Crippen LogP contribution in [0.1, 0.15) is 27.9 Å². The van der Waals surface area contributed by atoms with Gasteiger partial charge in [0.25, 0.3) is 5.91 Å². The lowest BCUT2D eigenvalue weighted by Crippen LogP contribution is -2.37. The van der Waals surface area contributed by atoms with Crippen molar-refractivity contribution in [3.8, 4) is 0 Å². The molecule has 4 nitrogen and oxygen atoms in total. The molecule has 0 spiro atoms. The summed E-state index contributed by atoms with van der Waals surface area (Å²) in [7, 11) is 0. The van der Waals surface area contributed by atoms with Gasteiger partial charge < -0.3 is 10.2 Å². The van der Waals surface area contributed by atoms with Crippen LogP contribution in [0.15, 0.2) is 48.5 Å². The van der Waals surface area contributed by atoms with E-state index in [4.69, 9.17) is 0 Å². The van der Waals surface area contributed by atoms with E-state index in [1.54, 1.807) is 0 Å². The van der Waals surface area contributed by atoms with Crippen LogP contribution in [0.25, 0.3) is 0 Å². The summed E-state index contributed by atoms with van der Waals surface area (Å²) in [4.78, 5) is 25.6. The zero-order valence-electron chi connectivity index (χ0n) is 14.1. The summed E-state index contributed by atoms with van der Waals surface area (Å²) in [5.41, 5.74) is -0.957. The molecule has 2 amide bonds. The Labute approximate surface area is 152 Å². The van der Waals surface area contributed by atoms with E-state index in [0.29, 0.717) is 0 Å². The number of likely N-dealkylation sites (tertiary alicyclic amines) is 1. The summed E-state index contributed by atoms with van der Waals surface area (Å²) in [6.07, 6.45) is -4.56. The van der Waals surface area contributed by atoms with Crippen molar-refractivity contribution < 1.29 is 27.2 Å². The molecular formula is C19H16F4N2O2. The summed E-state index contributed by atoms with van der Waals surface area (Å²) in [5, 5.41) is 2.56. The number of carbonyl (C=O) groups is 2. The maximum atomic E-state index is 13.7. The summed E-state index contributed by atoms with van der Waals surface area (Å²) in [6, 6.07) is 9.88. The molecule has 1 aliphatic heterocycles. The number of hydrogen-bond acceptors (Lipinski definition) is 2. The number of amides is 2. The van der Waals surface area contributed by atoms with Gasteiger partial charge in [0.1, 0.15) is 5.82 Å². The van der Waals surface area contributed by atoms with Gasteiger partial charge in [-0.2, -0.15) is 13.2 Å². The number of halogens is 4. The van der Waals surface area contributed by atoms with E-state index < -0.39 is 29.5 Å². The Hall–Kier alpha value is -2.90. The molecule has 1 saturated heterocycles. The van der Waals surface area contributed by atoms with Gasteiger partial charge in [0.2, 0.25) is 5.91 Å². The molecule has 2 aromatic rings. The second-order valence-corrected chi connectivity index (χ2v) is 6.28. The molecule has 27 heavy (non-hydrogen) atoms. The summed E-state index contributed by atoms with van der Waals surface area (Å²) in [6.45, 7) is -0.147. The van der Waals surface area contributed by atoms with Crippen molar-refractivity contribution in [1.29, 1.82) is 0 Å². The molecule has 142 valence electrons. The van der Waals surface area contributed by atoms with Gasteiger partial charge in [-0.15, -0.1) is 0 Å². The van der Waals surface area contributed by atoms with Crippen molar-refractivity contribution in [3.05, 3.63) is 71.0 Å². The largest absolute Gasteiger partial charge is 0.416 e. The highest BCUT2D eigenvalue weighted by Gasteiger charge is 2.36. The van der Waals surface area contributed by atoms with Crippen LogP contribution < -0.4 is 5.32 Å². The Bertz CT molecular complexity index is 867. The van der Waals surface area contributed by atoms with Crippen molar-refractivity contribution in [3.63, 3.8) is 0 Å². The number of alkyl halides is 3. The van der Waals surface area contributed by atoms with Crippen LogP contribution in [0.4, 0.5) is 17.6 Å². The maximum absolute atomic E-state index is 13.7. The zero-order chi connectivity index (χ0) is 19.6. The average Bonchev–Trinajstić information content (AvgIpc) is 2.94. The first-order chi connectivity index (χ1) is 12.8. The number of benzene rings is 2. The van der Waals surface area contributed by atoms with Gasteiger partial charge in [-0.1, -0.05) is 30.3 Å². The third kappa shape index (κ3) is 4.27. The summed E-state index contributed by atoms with van der Waals surface area (Å²) < 4.78 is 53.0. The third-order valence-corrected chi connectivity index (χ3v) is 4.35. The molecule has 1 N–H and O–H groups in total. The monoisotopic (exact) mass is 380 g/mol. The van der Waals surface area contributed by atoms with Gasteiger partial charge in [-0.05, 0) is 23.8 Å². The maximum Gasteiger partial charge on any atom is 0.416 e. The number of carbonyl (C=O) groups excluding carboxylic acids is 2. The lowest BCUT2D eigenvalue weighted by molar-refractivity contribution is -0.139. The minimum Gasteiger partial charge on any atom is -0.347 e. The highest BCUT2D eigenvalue weighted by molar-refractivity contribution is 5.95. The molecule has 0 bridgehead atoms. The van der Waals surface area contributed by atoms with Gasteiger partial charge in [0.05, 0.1) is 17.2 Å². The molecule has 0 aromatic heterocycles. The molecule has 1 unspecified atom stereocenters. The first kappa shape index (κ1) is 18.9. The SMILES string of the molecule is O=C(NC1CC(=O)N(Cc2ccccc2C(F)(F)F)C1)c1ccccc1F. The van der Waals surface area contributed by atoms with Crippen molar-refractivity contribution in [2.75, 3.05) is 6.54 Å². The Morgan fingerprint density at radius 3 is 2.48 bits per heavy atom. The van der Waals surface area contributed by atoms with Crippen molar-refractivity contribution in [1.82, 2.24) is 10.2 Å². The number of nitrogens with zero attached hydrogens (tertiary/aromatic N) is 1. The topological polar surface area (TPSA) is 49.4 Å². The Morgan fingerprint density at radius 1 is 1.11 bits per heavy atom. The van der Waals surface area contributed by atoms with Crippen LogP contribution in [0, 0.1) is 5.82 Å². The van der Waals surface area contributed by atoms with E-state index in [1.165, 1.54) is 41.3 Å². The molecule has 0 saturated carbocycles. The fourth-order valence-electron chi connectivity index (χ4n) is 3.07. The molecule has 3 rings (SSSR count). The molecule has 8 heteroatoms. The molecule has 1 fully saturated rings. The van der Waals surface area contributed by atoms with Gasteiger partial charge in [-0.25, -0.2) is 4.39 Å². The van der Waals surface area contributed by atoms with Gasteiger partial charge in [0.15, 0.2) is 0 Å². The van der Waals surface area contributed by atoms with Crippen LogP contribution in [0.3, 0.4) is 0 Å². The van der Waals surface area contributed by atoms with Crippen molar-refractivity contribution in [2.45, 2.75) is 25.2 Å². The van der Waals surface area contributed by atoms with Crippen LogP contribution in [-0.4, -0.2) is 29.3 Å². The van der Waals surface area contributed by atoms with Crippen LogP contribution in [0.2, 0.25) is 0 Å². The standard InChI is InChI=1S/C19H16F4N2O2/c20-16-8-4-2-6-14(16)18(27)24-13-9-17(26)25(11-13)10-12-5-1-3-7-15(12)19(21,22)23/h1-8,13H,9-11H2,(H,24,27). The first-order valence-corrected chi connectivity index (χ1v) is 8.24. The quantitative estimate of drug-likeness (QED) is 0.827. The predicted octanol–water partition coefficient (Wildman–Crippen LogP) is 3.38. The van der Waals surface area contributed by atoms with E-state index in [-0.39, 0.29) is 36.5 Å². The molecule has 1 atom stereocenters. The smallest absolute Gasteiger partial charge is 0.347 e. The summed E-state index contributed by atoms with van der Waals surface area (Å²) >= 11 is 0. The van der Waals surface area contributed by atoms with Crippen molar-refractivity contribution >= 4 is 11.8 Å². The second kappa shape index (κ2) is 7.38. The normalized spacial score (nSPS) is 17.3. The van der Waals surface area contributed by atoms with Crippen LogP contribution in [0.5, 0.6) is 0 Å². The van der Waals surface area contributed by atoms with E-state index in [2.05, 4.69) is 5.32 Å². The minimum atomic E-state index is -4.52. The fraction of sp³-hybridized carbons (Fsp3) is 0.263. The predicted molar refractivity (Wildman–Crippen MR) is 89.1 cm³/mol. The van der Waals surface area contributed by atoms with Crippen LogP contribution >= 0.6 is 0 Å². The molecule has 0 aliphatic carbocycles. The number of rotatable bonds is 4. The van der Waals surface area contributed by atoms with E-state index in [9.17, 15) is 27.2 Å². The van der Waals surface area contributed by atoms with Crippen LogP contribution in [-0.2, 0) is 17.5 Å². The van der Waals surface area contributed by atoms with E-state index in [0.717, 1.165) is 12.1 Å². The van der Waals surface area contributed by atoms with Crippen molar-refractivity contribution in [2.24, 2.45) is 0 Å². The van der Waals surface area contributed by atoms with Gasteiger partial charge in [-0.3, -0.25) is 9.59 Å². The third-order valence-electron chi connectivity index (χ3n) is 4.35. The van der Waals surface area contributed by atoms with Gasteiger partial charge >= 0.3 is 6.18 Å². The average molecular weight is 380 g/mol. The molecule has 0 radical (unpaired) electrons. The highest BCUT2D eigenvalue weighted by Crippen LogP contribution is 2.32. The number of hydrogen-bond donors (Lipinski definition) is 1. The Kier molecular flexibility index (Phi) is 5.16. The van der Waals surface area contributed by atoms with E-state index in [1.807, 2.05) is 0 Å². The highest BCUT2D eigenvalue weighted by atomic mass is 19.4. The lowest BCUT2D eigenvalue weighted by Gasteiger charge is -2.20. The molecule has 1 heterocycles. The zero-order valence-corrected chi connectivity index (χ0v) is 14.1. The summed E-state index contributed by atoms with van der Waals surface area (Å²) in [5.74, 6) is -1.72. The molecular weight excluding hydrogens is 364 g/mol. The lowest BCUT2D eigenvalue weighted by atomic mass is 10.1. The second-order valence-electron chi connectivity index (χ2n) is 6.28. The number of nitrogens with one attached hydrogen (secondary N) is 1. The van der Waals surface area contributed by atoms with E-state index >= 15 is 0 Å². The Balaban J connectivity index is 1.68. The molecule has 2 aromatic carbocycles. The Morgan fingerprint density at radius 2 is 1.78 bits per heavy atom. The first-order valence-electron chi connectivity index (χ1n) is 8.24. The minimum absolute atomic E-state index is 0.0144. The fourth-order valence-corrected chi connectivity index (χ4v) is 3.07. The van der Waals surface area contributed by atoms with Gasteiger partial charge in [0, 0.05) is 19.5 Å². The molecule has 1 aliphatic rings.